The van der Waals surface area contributed by atoms with Crippen molar-refractivity contribution in [1.29, 1.82) is 0 Å². The van der Waals surface area contributed by atoms with Crippen LogP contribution in [0.4, 0.5) is 0 Å². The molecular weight excluding hydrogens is 148 g/mol. The molecule has 1 heteroatoms. The van der Waals surface area contributed by atoms with E-state index in [0.29, 0.717) is 6.42 Å². The maximum absolute atomic E-state index is 10.0. The van der Waals surface area contributed by atoms with E-state index >= 15 is 0 Å². The summed E-state index contributed by atoms with van der Waals surface area (Å²) in [6.45, 7) is 4.36. The van der Waals surface area contributed by atoms with Crippen LogP contribution >= 0.6 is 0 Å². The Morgan fingerprint density at radius 3 is 2.58 bits per heavy atom. The summed E-state index contributed by atoms with van der Waals surface area (Å²) in [7, 11) is 0. The number of rotatable bonds is 7. The van der Waals surface area contributed by atoms with Gasteiger partial charge >= 0.3 is 0 Å². The third kappa shape index (κ3) is 7.52. The first kappa shape index (κ1) is 11.4. The summed E-state index contributed by atoms with van der Waals surface area (Å²) in [4.78, 5) is 10.0. The van der Waals surface area contributed by atoms with E-state index < -0.39 is 0 Å². The Morgan fingerprint density at radius 2 is 2.00 bits per heavy atom. The van der Waals surface area contributed by atoms with Crippen LogP contribution in [-0.2, 0) is 4.79 Å². The van der Waals surface area contributed by atoms with E-state index in [1.54, 1.807) is 0 Å². The van der Waals surface area contributed by atoms with Crippen LogP contribution in [0, 0.1) is 0 Å². The average molecular weight is 168 g/mol. The topological polar surface area (TPSA) is 17.1 Å². The number of carbonyl (C=O) groups excluding carboxylic acids is 1. The standard InChI is InChI=1S/C11H20O/c1-3-4-5-8-11(2)9-6-7-10-12/h8,10H,3-7,9H2,1-2H3. The van der Waals surface area contributed by atoms with Gasteiger partial charge in [0.15, 0.2) is 0 Å². The van der Waals surface area contributed by atoms with Crippen LogP contribution in [0.1, 0.15) is 52.4 Å². The van der Waals surface area contributed by atoms with Crippen LogP contribution in [-0.4, -0.2) is 6.29 Å². The first-order valence-electron chi connectivity index (χ1n) is 4.90. The summed E-state index contributed by atoms with van der Waals surface area (Å²) in [6, 6.07) is 0. The summed E-state index contributed by atoms with van der Waals surface area (Å²) < 4.78 is 0. The lowest BCUT2D eigenvalue weighted by Gasteiger charge is -1.98. The minimum atomic E-state index is 0.707. The summed E-state index contributed by atoms with van der Waals surface area (Å²) >= 11 is 0. The average Bonchev–Trinajstić information content (AvgIpc) is 2.06. The molecule has 0 aromatic carbocycles. The van der Waals surface area contributed by atoms with E-state index in [1.807, 2.05) is 0 Å². The maximum Gasteiger partial charge on any atom is 0.120 e. The molecule has 0 fully saturated rings. The van der Waals surface area contributed by atoms with Crippen molar-refractivity contribution in [2.75, 3.05) is 0 Å². The van der Waals surface area contributed by atoms with E-state index in [0.717, 1.165) is 19.1 Å². The van der Waals surface area contributed by atoms with Crippen molar-refractivity contribution in [3.8, 4) is 0 Å². The van der Waals surface area contributed by atoms with Gasteiger partial charge in [0.2, 0.25) is 0 Å². The Morgan fingerprint density at radius 1 is 1.25 bits per heavy atom. The molecule has 0 atom stereocenters. The SMILES string of the molecule is CCCCC=C(C)CCCC=O. The molecule has 0 rings (SSSR count). The zero-order valence-corrected chi connectivity index (χ0v) is 8.31. The Balaban J connectivity index is 3.35. The normalized spacial score (nSPS) is 11.7. The molecule has 70 valence electrons. The number of allylic oxidation sites excluding steroid dienone is 2. The molecule has 0 N–H and O–H groups in total. The van der Waals surface area contributed by atoms with Crippen molar-refractivity contribution in [3.05, 3.63) is 11.6 Å². The van der Waals surface area contributed by atoms with Crippen LogP contribution in [0.2, 0.25) is 0 Å². The first-order valence-corrected chi connectivity index (χ1v) is 4.90. The molecule has 1 nitrogen and oxygen atoms in total. The molecule has 0 aromatic rings. The van der Waals surface area contributed by atoms with E-state index in [9.17, 15) is 4.79 Å². The van der Waals surface area contributed by atoms with Gasteiger partial charge < -0.3 is 4.79 Å². The monoisotopic (exact) mass is 168 g/mol. The largest absolute Gasteiger partial charge is 0.303 e. The first-order chi connectivity index (χ1) is 5.81. The second-order valence-electron chi connectivity index (χ2n) is 3.25. The number of hydrogen-bond donors (Lipinski definition) is 0. The van der Waals surface area contributed by atoms with Crippen LogP contribution in [0.15, 0.2) is 11.6 Å². The lowest BCUT2D eigenvalue weighted by atomic mass is 10.1. The third-order valence-corrected chi connectivity index (χ3v) is 1.94. The molecule has 0 aliphatic carbocycles. The van der Waals surface area contributed by atoms with Gasteiger partial charge in [-0.3, -0.25) is 0 Å². The molecule has 0 saturated carbocycles. The van der Waals surface area contributed by atoms with Gasteiger partial charge in [0.1, 0.15) is 6.29 Å². The molecule has 0 spiro atoms. The van der Waals surface area contributed by atoms with Gasteiger partial charge in [0.05, 0.1) is 0 Å². The highest BCUT2D eigenvalue weighted by molar-refractivity contribution is 5.49. The lowest BCUT2D eigenvalue weighted by Crippen LogP contribution is -1.80. The molecule has 0 unspecified atom stereocenters. The number of hydrogen-bond acceptors (Lipinski definition) is 1. The summed E-state index contributed by atoms with van der Waals surface area (Å²) in [5, 5.41) is 0. The van der Waals surface area contributed by atoms with Crippen molar-refractivity contribution in [3.63, 3.8) is 0 Å². The van der Waals surface area contributed by atoms with E-state index in [4.69, 9.17) is 0 Å². The van der Waals surface area contributed by atoms with Gasteiger partial charge in [-0.2, -0.15) is 0 Å². The van der Waals surface area contributed by atoms with Gasteiger partial charge in [0, 0.05) is 6.42 Å². The van der Waals surface area contributed by atoms with Crippen molar-refractivity contribution in [2.24, 2.45) is 0 Å². The number of aldehydes is 1. The fourth-order valence-corrected chi connectivity index (χ4v) is 1.12. The molecule has 0 aromatic heterocycles. The molecular formula is C11H20O. The van der Waals surface area contributed by atoms with Crippen molar-refractivity contribution < 1.29 is 4.79 Å². The maximum atomic E-state index is 10.0. The van der Waals surface area contributed by atoms with E-state index in [-0.39, 0.29) is 0 Å². The van der Waals surface area contributed by atoms with Gasteiger partial charge in [-0.25, -0.2) is 0 Å². The van der Waals surface area contributed by atoms with Crippen LogP contribution in [0.3, 0.4) is 0 Å². The Bertz CT molecular complexity index is 136. The molecule has 0 heterocycles. The zero-order valence-electron chi connectivity index (χ0n) is 8.31. The Kier molecular flexibility index (Phi) is 8.09. The molecule has 0 aliphatic rings. The summed E-state index contributed by atoms with van der Waals surface area (Å²) in [5.41, 5.74) is 1.44. The molecule has 0 radical (unpaired) electrons. The zero-order chi connectivity index (χ0) is 9.23. The second-order valence-corrected chi connectivity index (χ2v) is 3.25. The molecule has 0 amide bonds. The number of unbranched alkanes of at least 4 members (excludes halogenated alkanes) is 3. The predicted molar refractivity (Wildman–Crippen MR) is 53.2 cm³/mol. The fraction of sp³-hybridized carbons (Fsp3) is 0.727. The molecule has 12 heavy (non-hydrogen) atoms. The highest BCUT2D eigenvalue weighted by Crippen LogP contribution is 2.08. The quantitative estimate of drug-likeness (QED) is 0.323. The highest BCUT2D eigenvalue weighted by Gasteiger charge is 1.89. The molecule has 0 bridgehead atoms. The highest BCUT2D eigenvalue weighted by atomic mass is 16.1. The second kappa shape index (κ2) is 8.51. The molecule has 0 aliphatic heterocycles. The number of carbonyl (C=O) groups is 1. The predicted octanol–water partition coefficient (Wildman–Crippen LogP) is 3.49. The smallest absolute Gasteiger partial charge is 0.120 e. The Hall–Kier alpha value is -0.590. The molecule has 0 saturated heterocycles. The third-order valence-electron chi connectivity index (χ3n) is 1.94. The van der Waals surface area contributed by atoms with Crippen LogP contribution in [0.25, 0.3) is 0 Å². The van der Waals surface area contributed by atoms with Gasteiger partial charge in [-0.15, -0.1) is 0 Å². The summed E-state index contributed by atoms with van der Waals surface area (Å²) in [5.74, 6) is 0. The fourth-order valence-electron chi connectivity index (χ4n) is 1.12. The van der Waals surface area contributed by atoms with Crippen molar-refractivity contribution >= 4 is 6.29 Å². The van der Waals surface area contributed by atoms with E-state index in [1.165, 1.54) is 24.8 Å². The summed E-state index contributed by atoms with van der Waals surface area (Å²) in [6.07, 6.45) is 9.85. The van der Waals surface area contributed by atoms with Gasteiger partial charge in [-0.1, -0.05) is 31.4 Å². The lowest BCUT2D eigenvalue weighted by molar-refractivity contribution is -0.107. The minimum Gasteiger partial charge on any atom is -0.303 e. The van der Waals surface area contributed by atoms with Crippen molar-refractivity contribution in [2.45, 2.75) is 52.4 Å². The van der Waals surface area contributed by atoms with Gasteiger partial charge in [-0.05, 0) is 26.2 Å². The van der Waals surface area contributed by atoms with Crippen molar-refractivity contribution in [1.82, 2.24) is 0 Å². The van der Waals surface area contributed by atoms with Crippen LogP contribution < -0.4 is 0 Å². The minimum absolute atomic E-state index is 0.707. The van der Waals surface area contributed by atoms with Crippen LogP contribution in [0.5, 0.6) is 0 Å². The van der Waals surface area contributed by atoms with Gasteiger partial charge in [0.25, 0.3) is 0 Å². The Labute approximate surface area is 75.9 Å². The van der Waals surface area contributed by atoms with E-state index in [2.05, 4.69) is 19.9 Å².